The number of benzene rings is 1. The molecular weight excluding hydrogens is 234 g/mol. The van der Waals surface area contributed by atoms with Gasteiger partial charge in [0.15, 0.2) is 0 Å². The highest BCUT2D eigenvalue weighted by Crippen LogP contribution is 2.30. The molecule has 0 amide bonds. The molecule has 2 rings (SSSR count). The molecule has 1 saturated carbocycles. The van der Waals surface area contributed by atoms with E-state index >= 15 is 0 Å². The first-order valence-corrected chi connectivity index (χ1v) is 7.24. The molecular formula is C16H23N3. The molecule has 1 aliphatic rings. The summed E-state index contributed by atoms with van der Waals surface area (Å²) in [5.74, 6) is 0. The van der Waals surface area contributed by atoms with Gasteiger partial charge >= 0.3 is 0 Å². The van der Waals surface area contributed by atoms with Crippen LogP contribution in [0, 0.1) is 11.3 Å². The van der Waals surface area contributed by atoms with E-state index in [1.54, 1.807) is 0 Å². The van der Waals surface area contributed by atoms with Gasteiger partial charge in [0.05, 0.1) is 11.3 Å². The molecule has 1 aromatic rings. The zero-order chi connectivity index (χ0) is 13.7. The van der Waals surface area contributed by atoms with E-state index in [-0.39, 0.29) is 0 Å². The lowest BCUT2D eigenvalue weighted by atomic mass is 10.1. The third-order valence-electron chi connectivity index (χ3n) is 3.98. The maximum absolute atomic E-state index is 9.40. The topological polar surface area (TPSA) is 39.1 Å². The van der Waals surface area contributed by atoms with Crippen LogP contribution < -0.4 is 10.2 Å². The van der Waals surface area contributed by atoms with Crippen LogP contribution in [0.15, 0.2) is 18.2 Å². The Balaban J connectivity index is 2.28. The first-order chi connectivity index (χ1) is 9.30. The van der Waals surface area contributed by atoms with Crippen LogP contribution in [0.25, 0.3) is 0 Å². The first-order valence-electron chi connectivity index (χ1n) is 7.24. The van der Waals surface area contributed by atoms with Crippen LogP contribution in [0.4, 0.5) is 5.69 Å². The monoisotopic (exact) mass is 257 g/mol. The van der Waals surface area contributed by atoms with Crippen LogP contribution in [0.5, 0.6) is 0 Å². The van der Waals surface area contributed by atoms with Crippen molar-refractivity contribution in [3.8, 4) is 6.07 Å². The lowest BCUT2D eigenvalue weighted by Gasteiger charge is -2.30. The van der Waals surface area contributed by atoms with E-state index in [1.165, 1.54) is 31.2 Å². The smallest absolute Gasteiger partial charge is 0.101 e. The summed E-state index contributed by atoms with van der Waals surface area (Å²) in [6.45, 7) is 3.97. The van der Waals surface area contributed by atoms with E-state index in [2.05, 4.69) is 35.3 Å². The van der Waals surface area contributed by atoms with Crippen LogP contribution >= 0.6 is 0 Å². The van der Waals surface area contributed by atoms with Crippen molar-refractivity contribution in [3.05, 3.63) is 29.3 Å². The van der Waals surface area contributed by atoms with Crippen molar-refractivity contribution in [1.82, 2.24) is 5.32 Å². The number of nitriles is 1. The van der Waals surface area contributed by atoms with Gasteiger partial charge in [0.1, 0.15) is 6.07 Å². The van der Waals surface area contributed by atoms with Gasteiger partial charge in [0.2, 0.25) is 0 Å². The second-order valence-corrected chi connectivity index (χ2v) is 5.22. The summed E-state index contributed by atoms with van der Waals surface area (Å²) in [4.78, 5) is 2.41. The van der Waals surface area contributed by atoms with Crippen LogP contribution in [-0.4, -0.2) is 19.6 Å². The fourth-order valence-corrected chi connectivity index (χ4v) is 3.08. The Bertz CT molecular complexity index is 456. The quantitative estimate of drug-likeness (QED) is 0.881. The molecule has 3 nitrogen and oxygen atoms in total. The molecule has 102 valence electrons. The van der Waals surface area contributed by atoms with Gasteiger partial charge in [-0.3, -0.25) is 0 Å². The fraction of sp³-hybridized carbons (Fsp3) is 0.562. The molecule has 1 N–H and O–H groups in total. The molecule has 1 fully saturated rings. The maximum Gasteiger partial charge on any atom is 0.101 e. The van der Waals surface area contributed by atoms with Gasteiger partial charge in [0.25, 0.3) is 0 Å². The van der Waals surface area contributed by atoms with E-state index in [9.17, 15) is 5.26 Å². The minimum atomic E-state index is 0.618. The third kappa shape index (κ3) is 3.08. The highest BCUT2D eigenvalue weighted by molar-refractivity contribution is 5.61. The van der Waals surface area contributed by atoms with Crippen molar-refractivity contribution in [3.63, 3.8) is 0 Å². The zero-order valence-corrected chi connectivity index (χ0v) is 11.9. The largest absolute Gasteiger partial charge is 0.368 e. The Morgan fingerprint density at radius 1 is 1.37 bits per heavy atom. The minimum absolute atomic E-state index is 0.618. The van der Waals surface area contributed by atoms with E-state index in [0.717, 1.165) is 24.3 Å². The molecule has 0 unspecified atom stereocenters. The molecule has 0 saturated heterocycles. The van der Waals surface area contributed by atoms with Gasteiger partial charge in [-0.1, -0.05) is 18.9 Å². The van der Waals surface area contributed by atoms with Crippen LogP contribution in [-0.2, 0) is 6.54 Å². The molecule has 1 aliphatic carbocycles. The van der Waals surface area contributed by atoms with Gasteiger partial charge in [0, 0.05) is 19.1 Å². The van der Waals surface area contributed by atoms with Crippen molar-refractivity contribution in [2.24, 2.45) is 0 Å². The molecule has 0 bridgehead atoms. The number of anilines is 1. The first kappa shape index (κ1) is 13.9. The molecule has 19 heavy (non-hydrogen) atoms. The molecule has 0 aliphatic heterocycles. The summed E-state index contributed by atoms with van der Waals surface area (Å²) in [7, 11) is 1.93. The standard InChI is InChI=1S/C16H23N3/c1-3-19(15-6-4-5-7-15)16-9-8-13(12-18-2)10-14(16)11-17/h8-10,15,18H,3-7,12H2,1-2H3. The normalized spacial score (nSPS) is 15.4. The fourth-order valence-electron chi connectivity index (χ4n) is 3.08. The summed E-state index contributed by atoms with van der Waals surface area (Å²) >= 11 is 0. The summed E-state index contributed by atoms with van der Waals surface area (Å²) in [6.07, 6.45) is 5.16. The maximum atomic E-state index is 9.40. The van der Waals surface area contributed by atoms with Crippen LogP contribution in [0.2, 0.25) is 0 Å². The highest BCUT2D eigenvalue weighted by atomic mass is 15.2. The molecule has 0 spiro atoms. The molecule has 3 heteroatoms. The van der Waals surface area contributed by atoms with Gasteiger partial charge < -0.3 is 10.2 Å². The van der Waals surface area contributed by atoms with Gasteiger partial charge in [-0.05, 0) is 44.5 Å². The molecule has 1 aromatic carbocycles. The summed E-state index contributed by atoms with van der Waals surface area (Å²) in [5.41, 5.74) is 3.09. The predicted octanol–water partition coefficient (Wildman–Crippen LogP) is 3.05. The third-order valence-corrected chi connectivity index (χ3v) is 3.98. The minimum Gasteiger partial charge on any atom is -0.368 e. The molecule has 0 radical (unpaired) electrons. The van der Waals surface area contributed by atoms with E-state index in [1.807, 2.05) is 13.1 Å². The summed E-state index contributed by atoms with van der Waals surface area (Å²) in [5, 5.41) is 12.5. The van der Waals surface area contributed by atoms with Gasteiger partial charge in [-0.25, -0.2) is 0 Å². The Morgan fingerprint density at radius 3 is 2.68 bits per heavy atom. The number of nitrogens with zero attached hydrogens (tertiary/aromatic N) is 2. The van der Waals surface area contributed by atoms with Crippen molar-refractivity contribution < 1.29 is 0 Å². The van der Waals surface area contributed by atoms with E-state index < -0.39 is 0 Å². The van der Waals surface area contributed by atoms with Gasteiger partial charge in [-0.2, -0.15) is 5.26 Å². The molecule has 0 atom stereocenters. The Labute approximate surface area is 116 Å². The predicted molar refractivity (Wildman–Crippen MR) is 79.2 cm³/mol. The highest BCUT2D eigenvalue weighted by Gasteiger charge is 2.23. The zero-order valence-electron chi connectivity index (χ0n) is 11.9. The summed E-state index contributed by atoms with van der Waals surface area (Å²) < 4.78 is 0. The van der Waals surface area contributed by atoms with Crippen molar-refractivity contribution in [2.75, 3.05) is 18.5 Å². The number of hydrogen-bond acceptors (Lipinski definition) is 3. The lowest BCUT2D eigenvalue weighted by molar-refractivity contribution is 0.619. The number of nitrogens with one attached hydrogen (secondary N) is 1. The van der Waals surface area contributed by atoms with Crippen molar-refractivity contribution in [1.29, 1.82) is 5.26 Å². The Kier molecular flexibility index (Phi) is 4.81. The average Bonchev–Trinajstić information content (AvgIpc) is 2.95. The number of hydrogen-bond donors (Lipinski definition) is 1. The second kappa shape index (κ2) is 6.58. The lowest BCUT2D eigenvalue weighted by Crippen LogP contribution is -2.33. The van der Waals surface area contributed by atoms with E-state index in [0.29, 0.717) is 6.04 Å². The van der Waals surface area contributed by atoms with Crippen LogP contribution in [0.1, 0.15) is 43.7 Å². The van der Waals surface area contributed by atoms with Crippen molar-refractivity contribution in [2.45, 2.75) is 45.2 Å². The Morgan fingerprint density at radius 2 is 2.11 bits per heavy atom. The van der Waals surface area contributed by atoms with E-state index in [4.69, 9.17) is 0 Å². The molecule has 0 heterocycles. The summed E-state index contributed by atoms with van der Waals surface area (Å²) in [6, 6.07) is 9.25. The van der Waals surface area contributed by atoms with Gasteiger partial charge in [-0.15, -0.1) is 0 Å². The van der Waals surface area contributed by atoms with Crippen LogP contribution in [0.3, 0.4) is 0 Å². The second-order valence-electron chi connectivity index (χ2n) is 5.22. The SMILES string of the molecule is CCN(c1ccc(CNC)cc1C#N)C1CCCC1. The average molecular weight is 257 g/mol. The Hall–Kier alpha value is -1.53. The molecule has 0 aromatic heterocycles. The van der Waals surface area contributed by atoms with Crippen molar-refractivity contribution >= 4 is 5.69 Å². The number of rotatable bonds is 5.